The van der Waals surface area contributed by atoms with E-state index in [9.17, 15) is 3.38 Å². The molecular weight excluding hydrogens is 107 g/mol. The Balaban J connectivity index is 0. The van der Waals surface area contributed by atoms with Crippen LogP contribution in [-0.4, -0.2) is 18.2 Å². The standard InChI is InChI=1S/FH.Li.O.Zn/h1H;;;/q;+1;;/p-1. The van der Waals surface area contributed by atoms with Crippen LogP contribution >= 0.6 is 0 Å². The van der Waals surface area contributed by atoms with Crippen molar-refractivity contribution in [2.75, 3.05) is 0 Å². The van der Waals surface area contributed by atoms with Gasteiger partial charge in [-0.15, -0.1) is 0 Å². The molecule has 0 aliphatic carbocycles. The van der Waals surface area contributed by atoms with Crippen LogP contribution in [0.4, 0.5) is 3.38 Å². The summed E-state index contributed by atoms with van der Waals surface area (Å²) >= 11 is 0.625. The number of rotatable bonds is 0. The first kappa shape index (κ1) is 8.87. The first-order chi connectivity index (χ1) is 2.00. The van der Waals surface area contributed by atoms with Gasteiger partial charge in [0, 0.05) is 0 Å². The van der Waals surface area contributed by atoms with Crippen LogP contribution in [0.1, 0.15) is 0 Å². The van der Waals surface area contributed by atoms with Crippen LogP contribution in [0, 0.1) is 0 Å². The summed E-state index contributed by atoms with van der Waals surface area (Å²) in [5, 5.41) is 0. The fraction of sp³-hybridized carbons (Fsp3) is 0. The number of hydrogen-bond donors (Lipinski definition) is 0. The third-order valence-corrected chi connectivity index (χ3v) is 0. The normalized spacial score (nSPS) is 3.25. The second-order valence-electron chi connectivity index (χ2n) is 0. The summed E-state index contributed by atoms with van der Waals surface area (Å²) in [6.45, 7) is 0. The van der Waals surface area contributed by atoms with E-state index in [1.165, 1.54) is 0 Å². The zero-order valence-electron chi connectivity index (χ0n) is 2.49. The van der Waals surface area contributed by atoms with Crippen molar-refractivity contribution >= 4 is 18.2 Å². The van der Waals surface area contributed by atoms with Crippen molar-refractivity contribution in [2.24, 2.45) is 0 Å². The molecule has 0 radical (unpaired) electrons. The topological polar surface area (TPSA) is 17.1 Å². The molecule has 0 bridgehead atoms. The molecule has 0 aromatic carbocycles. The minimum atomic E-state index is 0.125. The predicted octanol–water partition coefficient (Wildman–Crippen LogP) is -0.0819. The Morgan fingerprint density at radius 1 is 1.50 bits per heavy atom. The van der Waals surface area contributed by atoms with E-state index >= 15 is 0 Å². The zero-order chi connectivity index (χ0) is 4.00. The molecule has 0 amide bonds. The average molecular weight is 107 g/mol. The van der Waals surface area contributed by atoms with Crippen LogP contribution in [0.3, 0.4) is 0 Å². The van der Waals surface area contributed by atoms with E-state index in [4.69, 9.17) is 3.57 Å². The summed E-state index contributed by atoms with van der Waals surface area (Å²) in [5.74, 6) is 0. The molecule has 0 aromatic heterocycles. The van der Waals surface area contributed by atoms with Crippen LogP contribution in [0.15, 0.2) is 0 Å². The van der Waals surface area contributed by atoms with Gasteiger partial charge in [-0.1, -0.05) is 0 Å². The van der Waals surface area contributed by atoms with E-state index in [-0.39, 0.29) is 18.3 Å². The molecule has 0 atom stereocenters. The van der Waals surface area contributed by atoms with Crippen LogP contribution < -0.4 is 0 Å². The van der Waals surface area contributed by atoms with Crippen LogP contribution in [0.5, 0.6) is 0 Å². The van der Waals surface area contributed by atoms with Crippen molar-refractivity contribution < 1.29 is 25.2 Å². The molecule has 0 N–H and O–H groups in total. The van der Waals surface area contributed by atoms with Crippen molar-refractivity contribution in [1.29, 1.82) is 0 Å². The maximum absolute atomic E-state index is 9.50. The third-order valence-electron chi connectivity index (χ3n) is 0. The van der Waals surface area contributed by atoms with Crippen molar-refractivity contribution in [3.63, 3.8) is 0 Å². The third kappa shape index (κ3) is 12.4. The van der Waals surface area contributed by atoms with E-state index in [0.29, 0.717) is 18.2 Å². The van der Waals surface area contributed by atoms with E-state index in [0.717, 1.165) is 0 Å². The molecule has 0 heterocycles. The minimum absolute atomic E-state index is 0.125. The molecule has 4 heteroatoms. The molecule has 1 nitrogen and oxygen atoms in total. The van der Waals surface area contributed by atoms with E-state index in [2.05, 4.69) is 0 Å². The zero-order valence-corrected chi connectivity index (χ0v) is 5.46. The molecule has 16 valence electrons. The SMILES string of the molecule is [Li][F].[O]=[Zn]. The van der Waals surface area contributed by atoms with Crippen molar-refractivity contribution in [2.45, 2.75) is 0 Å². The Kier molecular flexibility index (Phi) is 84.4. The first-order valence-corrected chi connectivity index (χ1v) is 1.88. The van der Waals surface area contributed by atoms with Crippen molar-refractivity contribution in [1.82, 2.24) is 0 Å². The Labute approximate surface area is 43.6 Å². The molecule has 0 unspecified atom stereocenters. The van der Waals surface area contributed by atoms with E-state index < -0.39 is 0 Å². The van der Waals surface area contributed by atoms with Crippen molar-refractivity contribution in [3.8, 4) is 0 Å². The summed E-state index contributed by atoms with van der Waals surface area (Å²) in [4.78, 5) is 0. The van der Waals surface area contributed by atoms with Gasteiger partial charge in [0.05, 0.1) is 0 Å². The summed E-state index contributed by atoms with van der Waals surface area (Å²) in [6, 6.07) is 0. The summed E-state index contributed by atoms with van der Waals surface area (Å²) < 4.78 is 17.9. The van der Waals surface area contributed by atoms with Gasteiger partial charge >= 0.3 is 43.4 Å². The Morgan fingerprint density at radius 2 is 1.50 bits per heavy atom. The fourth-order valence-electron chi connectivity index (χ4n) is 0. The molecule has 0 rings (SSSR count). The quantitative estimate of drug-likeness (QED) is 0.396. The van der Waals surface area contributed by atoms with E-state index in [1.54, 1.807) is 0 Å². The molecule has 0 fully saturated rings. The Bertz CT molecular complexity index is 8.00. The summed E-state index contributed by atoms with van der Waals surface area (Å²) in [7, 11) is 0. The predicted molar refractivity (Wildman–Crippen MR) is 7.55 cm³/mol. The van der Waals surface area contributed by atoms with Gasteiger partial charge in [0.15, 0.2) is 0 Å². The van der Waals surface area contributed by atoms with Crippen LogP contribution in [-0.2, 0) is 21.8 Å². The summed E-state index contributed by atoms with van der Waals surface area (Å²) in [6.07, 6.45) is 0. The maximum atomic E-state index is 9.50. The Hall–Kier alpha value is 0.951. The molecule has 0 saturated carbocycles. The van der Waals surface area contributed by atoms with Crippen molar-refractivity contribution in [3.05, 3.63) is 0 Å². The fourth-order valence-corrected chi connectivity index (χ4v) is 0. The molecule has 0 aliphatic heterocycles. The van der Waals surface area contributed by atoms with Gasteiger partial charge in [0.2, 0.25) is 0 Å². The van der Waals surface area contributed by atoms with Gasteiger partial charge in [-0.3, -0.25) is 0 Å². The van der Waals surface area contributed by atoms with Gasteiger partial charge in [0.25, 0.3) is 0 Å². The average Bonchev–Trinajstić information content (AvgIpc) is 1.50. The molecular formula is FLiOZn. The monoisotopic (exact) mass is 106 g/mol. The Morgan fingerprint density at radius 3 is 1.50 bits per heavy atom. The van der Waals surface area contributed by atoms with Crippen LogP contribution in [0.2, 0.25) is 0 Å². The molecule has 0 spiro atoms. The van der Waals surface area contributed by atoms with Gasteiger partial charge in [-0.25, -0.2) is 0 Å². The van der Waals surface area contributed by atoms with Gasteiger partial charge in [-0.2, -0.15) is 0 Å². The first-order valence-electron chi connectivity index (χ1n) is 0.667. The van der Waals surface area contributed by atoms with Crippen LogP contribution in [0.25, 0.3) is 0 Å². The number of hydrogen-bond acceptors (Lipinski definition) is 1. The second-order valence-corrected chi connectivity index (χ2v) is 0. The van der Waals surface area contributed by atoms with Gasteiger partial charge in [-0.05, 0) is 0 Å². The molecule has 4 heavy (non-hydrogen) atoms. The number of halogens is 1. The molecule has 0 saturated heterocycles. The molecule has 0 aromatic rings. The van der Waals surface area contributed by atoms with E-state index in [1.807, 2.05) is 0 Å². The van der Waals surface area contributed by atoms with Gasteiger partial charge in [0.1, 0.15) is 0 Å². The summed E-state index contributed by atoms with van der Waals surface area (Å²) in [5.41, 5.74) is 0. The second kappa shape index (κ2) is 38.1. The molecule has 0 aliphatic rings. The van der Waals surface area contributed by atoms with Gasteiger partial charge < -0.3 is 0 Å².